The van der Waals surface area contributed by atoms with Crippen molar-refractivity contribution in [2.45, 2.75) is 11.8 Å². The van der Waals surface area contributed by atoms with E-state index in [1.807, 2.05) is 67.6 Å². The lowest BCUT2D eigenvalue weighted by molar-refractivity contribution is -0.113. The zero-order chi connectivity index (χ0) is 20.9. The predicted octanol–water partition coefficient (Wildman–Crippen LogP) is 5.59. The van der Waals surface area contributed by atoms with Crippen LogP contribution in [0.2, 0.25) is 0 Å². The van der Waals surface area contributed by atoms with E-state index in [1.165, 1.54) is 23.1 Å². The van der Waals surface area contributed by atoms with Crippen LogP contribution in [0.1, 0.15) is 15.9 Å². The van der Waals surface area contributed by atoms with E-state index in [9.17, 15) is 9.59 Å². The fourth-order valence-electron chi connectivity index (χ4n) is 2.77. The zero-order valence-corrected chi connectivity index (χ0v) is 17.8. The molecule has 150 valence electrons. The van der Waals surface area contributed by atoms with E-state index in [4.69, 9.17) is 0 Å². The standard InChI is InChI=1S/C23H19N3O2S2/c1-15-6-8-16(9-7-15)22(28)24-17-10-12-18(13-11-17)29-14-21(27)26-23-25-19-4-2-3-5-20(19)30-23/h2-13H,14H2,1H3,(H,24,28)(H,25,26,27). The number of benzene rings is 3. The first-order chi connectivity index (χ1) is 14.6. The molecule has 3 aromatic carbocycles. The van der Waals surface area contributed by atoms with Gasteiger partial charge < -0.3 is 10.6 Å². The van der Waals surface area contributed by atoms with Gasteiger partial charge >= 0.3 is 0 Å². The Kier molecular flexibility index (Phi) is 6.11. The number of thioether (sulfide) groups is 1. The second kappa shape index (κ2) is 9.11. The lowest BCUT2D eigenvalue weighted by Crippen LogP contribution is -2.13. The number of amides is 2. The minimum atomic E-state index is -0.148. The van der Waals surface area contributed by atoms with Crippen LogP contribution in [0.15, 0.2) is 77.7 Å². The van der Waals surface area contributed by atoms with Crippen molar-refractivity contribution in [3.05, 3.63) is 83.9 Å². The van der Waals surface area contributed by atoms with E-state index < -0.39 is 0 Å². The van der Waals surface area contributed by atoms with Gasteiger partial charge in [0.1, 0.15) is 0 Å². The number of rotatable bonds is 6. The number of aryl methyl sites for hydroxylation is 1. The molecule has 0 fully saturated rings. The molecule has 0 radical (unpaired) electrons. The lowest BCUT2D eigenvalue weighted by Gasteiger charge is -2.07. The number of nitrogens with one attached hydrogen (secondary N) is 2. The van der Waals surface area contributed by atoms with Crippen molar-refractivity contribution < 1.29 is 9.59 Å². The van der Waals surface area contributed by atoms with Crippen LogP contribution in [-0.4, -0.2) is 22.6 Å². The largest absolute Gasteiger partial charge is 0.322 e. The quantitative estimate of drug-likeness (QED) is 0.389. The van der Waals surface area contributed by atoms with Gasteiger partial charge in [0.05, 0.1) is 16.0 Å². The topological polar surface area (TPSA) is 71.1 Å². The van der Waals surface area contributed by atoms with Crippen molar-refractivity contribution in [3.8, 4) is 0 Å². The van der Waals surface area contributed by atoms with Gasteiger partial charge in [0.15, 0.2) is 5.13 Å². The number of hydrogen-bond acceptors (Lipinski definition) is 5. The average Bonchev–Trinajstić information content (AvgIpc) is 3.16. The summed E-state index contributed by atoms with van der Waals surface area (Å²) < 4.78 is 1.05. The van der Waals surface area contributed by atoms with Gasteiger partial charge in [-0.05, 0) is 55.5 Å². The summed E-state index contributed by atoms with van der Waals surface area (Å²) >= 11 is 2.89. The van der Waals surface area contributed by atoms with Gasteiger partial charge in [-0.2, -0.15) is 0 Å². The molecular weight excluding hydrogens is 414 g/mol. The number of para-hydroxylation sites is 1. The van der Waals surface area contributed by atoms with Crippen LogP contribution in [0.25, 0.3) is 10.2 Å². The Labute approximate surface area is 182 Å². The molecule has 0 saturated heterocycles. The number of nitrogens with zero attached hydrogens (tertiary/aromatic N) is 1. The summed E-state index contributed by atoms with van der Waals surface area (Å²) in [6, 6.07) is 22.7. The number of carbonyl (C=O) groups excluding carboxylic acids is 2. The first-order valence-electron chi connectivity index (χ1n) is 9.33. The van der Waals surface area contributed by atoms with Crippen molar-refractivity contribution in [2.75, 3.05) is 16.4 Å². The summed E-state index contributed by atoms with van der Waals surface area (Å²) in [4.78, 5) is 29.9. The van der Waals surface area contributed by atoms with E-state index in [-0.39, 0.29) is 17.6 Å². The molecule has 1 aromatic heterocycles. The number of fused-ring (bicyclic) bond motifs is 1. The highest BCUT2D eigenvalue weighted by Crippen LogP contribution is 2.26. The van der Waals surface area contributed by atoms with E-state index in [0.29, 0.717) is 16.4 Å². The third kappa shape index (κ3) is 5.06. The van der Waals surface area contributed by atoms with Crippen molar-refractivity contribution in [1.29, 1.82) is 0 Å². The molecular formula is C23H19N3O2S2. The van der Waals surface area contributed by atoms with Crippen molar-refractivity contribution in [1.82, 2.24) is 4.98 Å². The normalized spacial score (nSPS) is 10.7. The Balaban J connectivity index is 1.29. The maximum Gasteiger partial charge on any atom is 0.255 e. The van der Waals surface area contributed by atoms with Crippen LogP contribution in [0.4, 0.5) is 10.8 Å². The molecule has 2 amide bonds. The summed E-state index contributed by atoms with van der Waals surface area (Å²) in [6.07, 6.45) is 0. The van der Waals surface area contributed by atoms with Crippen LogP contribution >= 0.6 is 23.1 Å². The molecule has 0 spiro atoms. The molecule has 1 heterocycles. The lowest BCUT2D eigenvalue weighted by atomic mass is 10.1. The number of hydrogen-bond donors (Lipinski definition) is 2. The molecule has 5 nitrogen and oxygen atoms in total. The highest BCUT2D eigenvalue weighted by molar-refractivity contribution is 8.00. The molecule has 0 saturated carbocycles. The second-order valence-corrected chi connectivity index (χ2v) is 8.75. The summed E-state index contributed by atoms with van der Waals surface area (Å²) in [5.41, 5.74) is 3.32. The van der Waals surface area contributed by atoms with Gasteiger partial charge in [-0.15, -0.1) is 11.8 Å². The highest BCUT2D eigenvalue weighted by Gasteiger charge is 2.09. The predicted molar refractivity (Wildman–Crippen MR) is 125 cm³/mol. The minimum Gasteiger partial charge on any atom is -0.322 e. The van der Waals surface area contributed by atoms with Gasteiger partial charge in [0, 0.05) is 16.1 Å². The Morgan fingerprint density at radius 2 is 1.67 bits per heavy atom. The second-order valence-electron chi connectivity index (χ2n) is 6.67. The van der Waals surface area contributed by atoms with E-state index in [1.54, 1.807) is 12.1 Å². The highest BCUT2D eigenvalue weighted by atomic mass is 32.2. The van der Waals surface area contributed by atoms with Crippen molar-refractivity contribution in [2.24, 2.45) is 0 Å². The molecule has 4 rings (SSSR count). The van der Waals surface area contributed by atoms with Crippen molar-refractivity contribution in [3.63, 3.8) is 0 Å². The van der Waals surface area contributed by atoms with Gasteiger partial charge in [0.25, 0.3) is 5.91 Å². The Hall–Kier alpha value is -3.16. The van der Waals surface area contributed by atoms with Gasteiger partial charge in [-0.1, -0.05) is 41.2 Å². The minimum absolute atomic E-state index is 0.101. The number of thiazole rings is 1. The Bertz CT molecular complexity index is 1150. The first kappa shape index (κ1) is 20.1. The van der Waals surface area contributed by atoms with Crippen LogP contribution in [0, 0.1) is 6.92 Å². The molecule has 0 unspecified atom stereocenters. The van der Waals surface area contributed by atoms with Gasteiger partial charge in [-0.25, -0.2) is 4.98 Å². The molecule has 2 N–H and O–H groups in total. The third-order valence-electron chi connectivity index (χ3n) is 4.34. The zero-order valence-electron chi connectivity index (χ0n) is 16.2. The molecule has 0 aliphatic rings. The first-order valence-corrected chi connectivity index (χ1v) is 11.1. The molecule has 0 bridgehead atoms. The molecule has 30 heavy (non-hydrogen) atoms. The Morgan fingerprint density at radius 1 is 0.933 bits per heavy atom. The SMILES string of the molecule is Cc1ccc(C(=O)Nc2ccc(SCC(=O)Nc3nc4ccccc4s3)cc2)cc1. The Morgan fingerprint density at radius 3 is 2.40 bits per heavy atom. The average molecular weight is 434 g/mol. The maximum atomic E-state index is 12.3. The van der Waals surface area contributed by atoms with Crippen LogP contribution in [0.5, 0.6) is 0 Å². The van der Waals surface area contributed by atoms with Gasteiger partial charge in [-0.3, -0.25) is 9.59 Å². The molecule has 4 aromatic rings. The number of anilines is 2. The summed E-state index contributed by atoms with van der Waals surface area (Å²) in [6.45, 7) is 1.98. The fraction of sp³-hybridized carbons (Fsp3) is 0.0870. The van der Waals surface area contributed by atoms with E-state index in [2.05, 4.69) is 15.6 Å². The molecule has 7 heteroatoms. The summed E-state index contributed by atoms with van der Waals surface area (Å²) in [5, 5.41) is 6.34. The van der Waals surface area contributed by atoms with Crippen molar-refractivity contribution >= 4 is 55.9 Å². The molecule has 0 aliphatic heterocycles. The number of aromatic nitrogens is 1. The summed E-state index contributed by atoms with van der Waals surface area (Å²) in [5.74, 6) is 0.0341. The monoisotopic (exact) mass is 433 g/mol. The summed E-state index contributed by atoms with van der Waals surface area (Å²) in [7, 11) is 0. The van der Waals surface area contributed by atoms with E-state index >= 15 is 0 Å². The van der Waals surface area contributed by atoms with Crippen LogP contribution < -0.4 is 10.6 Å². The smallest absolute Gasteiger partial charge is 0.255 e. The fourth-order valence-corrected chi connectivity index (χ4v) is 4.35. The maximum absolute atomic E-state index is 12.3. The number of carbonyl (C=O) groups is 2. The van der Waals surface area contributed by atoms with Crippen LogP contribution in [-0.2, 0) is 4.79 Å². The van der Waals surface area contributed by atoms with Crippen LogP contribution in [0.3, 0.4) is 0 Å². The molecule has 0 atom stereocenters. The van der Waals surface area contributed by atoms with Gasteiger partial charge in [0.2, 0.25) is 5.91 Å². The molecule has 0 aliphatic carbocycles. The van der Waals surface area contributed by atoms with E-state index in [0.717, 1.165) is 20.7 Å². The third-order valence-corrected chi connectivity index (χ3v) is 6.30.